The number of hydrogen-bond donors (Lipinski definition) is 2. The van der Waals surface area contributed by atoms with Gasteiger partial charge in [-0.2, -0.15) is 0 Å². The van der Waals surface area contributed by atoms with Crippen LogP contribution in [-0.2, 0) is 0 Å². The van der Waals surface area contributed by atoms with Gasteiger partial charge in [-0.1, -0.05) is 6.07 Å². The molecule has 1 aliphatic heterocycles. The topological polar surface area (TPSA) is 78.6 Å². The van der Waals surface area contributed by atoms with Crippen molar-refractivity contribution in [1.82, 2.24) is 10.2 Å². The Bertz CT molecular complexity index is 559. The van der Waals surface area contributed by atoms with Gasteiger partial charge in [-0.25, -0.2) is 8.78 Å². The fourth-order valence-corrected chi connectivity index (χ4v) is 2.98. The van der Waals surface area contributed by atoms with Crippen molar-refractivity contribution in [1.29, 1.82) is 0 Å². The molecule has 1 heterocycles. The Morgan fingerprint density at radius 2 is 2.04 bits per heavy atom. The predicted octanol–water partition coefficient (Wildman–Crippen LogP) is 2.35. The highest BCUT2D eigenvalue weighted by molar-refractivity contribution is 9.10. The molecule has 2 N–H and O–H groups in total. The summed E-state index contributed by atoms with van der Waals surface area (Å²) in [6.45, 7) is 0.549. The Labute approximate surface area is 146 Å². The van der Waals surface area contributed by atoms with E-state index in [1.54, 1.807) is 4.90 Å². The Hall–Kier alpha value is -0.870. The van der Waals surface area contributed by atoms with E-state index >= 15 is 0 Å². The van der Waals surface area contributed by atoms with Gasteiger partial charge in [0.2, 0.25) is 0 Å². The molecule has 6 nitrogen and oxygen atoms in total. The van der Waals surface area contributed by atoms with Gasteiger partial charge in [-0.05, 0) is 27.6 Å². The lowest BCUT2D eigenvalue weighted by molar-refractivity contribution is -0.385. The summed E-state index contributed by atoms with van der Waals surface area (Å²) in [5.41, 5.74) is -0.151. The van der Waals surface area contributed by atoms with Gasteiger partial charge >= 0.3 is 0 Å². The van der Waals surface area contributed by atoms with Gasteiger partial charge in [0, 0.05) is 32.2 Å². The van der Waals surface area contributed by atoms with E-state index in [4.69, 9.17) is 5.11 Å². The van der Waals surface area contributed by atoms with E-state index in [-0.39, 0.29) is 28.1 Å². The first-order valence-corrected chi connectivity index (χ1v) is 7.53. The van der Waals surface area contributed by atoms with Gasteiger partial charge in [-0.15, -0.1) is 12.4 Å². The maximum Gasteiger partial charge on any atom is 0.289 e. The van der Waals surface area contributed by atoms with Crippen LogP contribution in [-0.4, -0.2) is 53.6 Å². The van der Waals surface area contributed by atoms with Gasteiger partial charge in [0.1, 0.15) is 12.6 Å². The summed E-state index contributed by atoms with van der Waals surface area (Å²) in [4.78, 5) is 11.9. The zero-order valence-corrected chi connectivity index (χ0v) is 14.4. The van der Waals surface area contributed by atoms with Crippen LogP contribution in [0.4, 0.5) is 14.5 Å². The zero-order valence-electron chi connectivity index (χ0n) is 12.0. The molecule has 0 saturated carbocycles. The minimum Gasteiger partial charge on any atom is -0.390 e. The van der Waals surface area contributed by atoms with Crippen molar-refractivity contribution in [2.75, 3.05) is 32.8 Å². The van der Waals surface area contributed by atoms with Gasteiger partial charge < -0.3 is 10.4 Å². The molecule has 2 rings (SSSR count). The molecule has 130 valence electrons. The molecule has 1 aromatic carbocycles. The van der Waals surface area contributed by atoms with Crippen LogP contribution >= 0.6 is 28.3 Å². The number of nitrogens with zero attached hydrogens (tertiary/aromatic N) is 2. The van der Waals surface area contributed by atoms with Crippen LogP contribution in [0.5, 0.6) is 0 Å². The van der Waals surface area contributed by atoms with Crippen molar-refractivity contribution in [2.24, 2.45) is 0 Å². The predicted molar refractivity (Wildman–Crippen MR) is 87.3 cm³/mol. The Balaban J connectivity index is 0.00000264. The smallest absolute Gasteiger partial charge is 0.289 e. The second-order valence-electron chi connectivity index (χ2n) is 5.08. The second kappa shape index (κ2) is 8.29. The number of halogens is 4. The quantitative estimate of drug-likeness (QED) is 0.569. The van der Waals surface area contributed by atoms with Gasteiger partial charge in [-0.3, -0.25) is 15.0 Å². The SMILES string of the molecule is Cl.O=[N+]([O-])c1cc([C@H](N2CCNCC2)C(F)(F)CO)ccc1Br. The first-order valence-electron chi connectivity index (χ1n) is 6.74. The summed E-state index contributed by atoms with van der Waals surface area (Å²) >= 11 is 3.04. The van der Waals surface area contributed by atoms with Gasteiger partial charge in [0.25, 0.3) is 11.6 Å². The molecule has 0 spiro atoms. The summed E-state index contributed by atoms with van der Waals surface area (Å²) in [6.07, 6.45) is 0. The molecular weight excluding hydrogens is 400 g/mol. The molecule has 1 saturated heterocycles. The average Bonchev–Trinajstić information content (AvgIpc) is 2.50. The summed E-state index contributed by atoms with van der Waals surface area (Å²) < 4.78 is 28.7. The van der Waals surface area contributed by atoms with Crippen molar-refractivity contribution < 1.29 is 18.8 Å². The second-order valence-corrected chi connectivity index (χ2v) is 5.93. The molecule has 1 atom stereocenters. The molecule has 0 unspecified atom stereocenters. The standard InChI is InChI=1S/C13H16BrF2N3O3.ClH/c14-10-2-1-9(7-11(10)19(21)22)12(13(15,16)8-20)18-5-3-17-4-6-18;/h1-2,7,12,17,20H,3-6,8H2;1H/t12-;/m0./s1. The lowest BCUT2D eigenvalue weighted by atomic mass is 9.97. The number of piperazine rings is 1. The highest BCUT2D eigenvalue weighted by Crippen LogP contribution is 2.39. The molecule has 1 fully saturated rings. The van der Waals surface area contributed by atoms with Crippen LogP contribution in [0, 0.1) is 10.1 Å². The van der Waals surface area contributed by atoms with Crippen LogP contribution in [0.2, 0.25) is 0 Å². The number of benzene rings is 1. The van der Waals surface area contributed by atoms with E-state index in [2.05, 4.69) is 21.2 Å². The molecule has 1 aromatic rings. The van der Waals surface area contributed by atoms with Crippen LogP contribution in [0.25, 0.3) is 0 Å². The van der Waals surface area contributed by atoms with E-state index in [9.17, 15) is 18.9 Å². The summed E-state index contributed by atoms with van der Waals surface area (Å²) in [5.74, 6) is -3.39. The summed E-state index contributed by atoms with van der Waals surface area (Å²) in [7, 11) is 0. The highest BCUT2D eigenvalue weighted by Gasteiger charge is 2.44. The third kappa shape index (κ3) is 4.57. The molecule has 0 aromatic heterocycles. The van der Waals surface area contributed by atoms with Crippen LogP contribution in [0.3, 0.4) is 0 Å². The van der Waals surface area contributed by atoms with Gasteiger partial charge in [0.05, 0.1) is 9.40 Å². The van der Waals surface area contributed by atoms with E-state index in [0.717, 1.165) is 6.07 Å². The third-order valence-corrected chi connectivity index (χ3v) is 4.28. The Morgan fingerprint density at radius 1 is 1.43 bits per heavy atom. The van der Waals surface area contributed by atoms with Crippen LogP contribution in [0.1, 0.15) is 11.6 Å². The monoisotopic (exact) mass is 415 g/mol. The van der Waals surface area contributed by atoms with Crippen LogP contribution < -0.4 is 5.32 Å². The Morgan fingerprint density at radius 3 is 2.57 bits per heavy atom. The third-order valence-electron chi connectivity index (χ3n) is 3.61. The van der Waals surface area contributed by atoms with Crippen molar-refractivity contribution in [3.8, 4) is 0 Å². The zero-order chi connectivity index (χ0) is 16.3. The number of nitrogens with one attached hydrogen (secondary N) is 1. The van der Waals surface area contributed by atoms with Crippen molar-refractivity contribution in [3.63, 3.8) is 0 Å². The molecule has 0 amide bonds. The summed E-state index contributed by atoms with van der Waals surface area (Å²) in [5, 5.41) is 23.1. The number of rotatable bonds is 5. The Kier molecular flexibility index (Phi) is 7.28. The lowest BCUT2D eigenvalue weighted by Crippen LogP contribution is -2.51. The normalized spacial score (nSPS) is 17.4. The minimum absolute atomic E-state index is 0. The first kappa shape index (κ1) is 20.2. The number of hydrogen-bond acceptors (Lipinski definition) is 5. The van der Waals surface area contributed by atoms with Gasteiger partial charge in [0.15, 0.2) is 0 Å². The van der Waals surface area contributed by atoms with Crippen molar-refractivity contribution >= 4 is 34.0 Å². The largest absolute Gasteiger partial charge is 0.390 e. The van der Waals surface area contributed by atoms with Crippen LogP contribution in [0.15, 0.2) is 22.7 Å². The first-order chi connectivity index (χ1) is 10.4. The van der Waals surface area contributed by atoms with E-state index < -0.39 is 23.5 Å². The number of nitro groups is 1. The fraction of sp³-hybridized carbons (Fsp3) is 0.538. The van der Waals surface area contributed by atoms with Crippen molar-refractivity contribution in [2.45, 2.75) is 12.0 Å². The molecule has 0 bridgehead atoms. The molecular formula is C13H17BrClF2N3O3. The molecule has 0 radical (unpaired) electrons. The molecule has 10 heteroatoms. The number of alkyl halides is 2. The number of aliphatic hydroxyl groups excluding tert-OH is 1. The molecule has 1 aliphatic rings. The molecule has 23 heavy (non-hydrogen) atoms. The van der Waals surface area contributed by atoms with Crippen molar-refractivity contribution in [3.05, 3.63) is 38.3 Å². The number of nitro benzene ring substituents is 1. The minimum atomic E-state index is -3.39. The van der Waals surface area contributed by atoms with E-state index in [1.807, 2.05) is 0 Å². The van der Waals surface area contributed by atoms with E-state index in [1.165, 1.54) is 12.1 Å². The molecule has 0 aliphatic carbocycles. The lowest BCUT2D eigenvalue weighted by Gasteiger charge is -2.38. The maximum absolute atomic E-state index is 14.2. The number of aliphatic hydroxyl groups is 1. The summed E-state index contributed by atoms with van der Waals surface area (Å²) in [6, 6.07) is 2.55. The fourth-order valence-electron chi connectivity index (χ4n) is 2.59. The highest BCUT2D eigenvalue weighted by atomic mass is 79.9. The van der Waals surface area contributed by atoms with E-state index in [0.29, 0.717) is 26.2 Å². The maximum atomic E-state index is 14.2. The average molecular weight is 417 g/mol.